The Morgan fingerprint density at radius 2 is 2.00 bits per heavy atom. The van der Waals surface area contributed by atoms with Gasteiger partial charge in [0.05, 0.1) is 11.4 Å². The zero-order valence-electron chi connectivity index (χ0n) is 7.36. The quantitative estimate of drug-likeness (QED) is 0.729. The molecule has 1 aliphatic carbocycles. The molecule has 14 heavy (non-hydrogen) atoms. The van der Waals surface area contributed by atoms with Crippen LogP contribution in [0, 0.1) is 0 Å². The summed E-state index contributed by atoms with van der Waals surface area (Å²) in [7, 11) is 0. The zero-order valence-corrected chi connectivity index (χ0v) is 8.11. The van der Waals surface area contributed by atoms with Crippen molar-refractivity contribution in [2.45, 2.75) is 31.2 Å². The molecule has 6 heteroatoms. The summed E-state index contributed by atoms with van der Waals surface area (Å²) in [4.78, 5) is 22.0. The van der Waals surface area contributed by atoms with Gasteiger partial charge in [-0.2, -0.15) is 8.78 Å². The molecule has 0 radical (unpaired) electrons. The van der Waals surface area contributed by atoms with Gasteiger partial charge in [0.1, 0.15) is 0 Å². The first-order chi connectivity index (χ1) is 6.52. The Bertz CT molecular complexity index is 254. The lowest BCUT2D eigenvalue weighted by Gasteiger charge is -2.40. The van der Waals surface area contributed by atoms with Crippen molar-refractivity contribution in [3.05, 3.63) is 0 Å². The van der Waals surface area contributed by atoms with E-state index in [2.05, 4.69) is 5.32 Å². The molecule has 3 nitrogen and oxygen atoms in total. The monoisotopic (exact) mass is 225 g/mol. The predicted octanol–water partition coefficient (Wildman–Crippen LogP) is 1.10. The largest absolute Gasteiger partial charge is 0.339 e. The van der Waals surface area contributed by atoms with Crippen LogP contribution in [0.3, 0.4) is 0 Å². The fourth-order valence-electron chi connectivity index (χ4n) is 1.42. The number of hydrogen-bond donors (Lipinski definition) is 1. The van der Waals surface area contributed by atoms with Crippen molar-refractivity contribution in [1.82, 2.24) is 5.32 Å². The van der Waals surface area contributed by atoms with Crippen molar-refractivity contribution in [3.63, 3.8) is 0 Å². The second kappa shape index (κ2) is 4.21. The minimum absolute atomic E-state index is 0.260. The number of ketones is 1. The average molecular weight is 226 g/mol. The predicted molar refractivity (Wildman–Crippen MR) is 46.5 cm³/mol. The summed E-state index contributed by atoms with van der Waals surface area (Å²) < 4.78 is 23.9. The highest BCUT2D eigenvalue weighted by atomic mass is 35.5. The SMILES string of the molecule is O=C(NC1(C(=O)CCl)CCC1)C(F)F. The van der Waals surface area contributed by atoms with Crippen molar-refractivity contribution >= 4 is 23.3 Å². The summed E-state index contributed by atoms with van der Waals surface area (Å²) in [5.41, 5.74) is -1.12. The first kappa shape index (κ1) is 11.4. The molecule has 0 aromatic heterocycles. The number of nitrogens with one attached hydrogen (secondary N) is 1. The fraction of sp³-hybridized carbons (Fsp3) is 0.750. The van der Waals surface area contributed by atoms with E-state index in [0.717, 1.165) is 6.42 Å². The molecular weight excluding hydrogens is 216 g/mol. The van der Waals surface area contributed by atoms with Gasteiger partial charge in [-0.25, -0.2) is 0 Å². The van der Waals surface area contributed by atoms with Gasteiger partial charge in [0.2, 0.25) is 0 Å². The maximum absolute atomic E-state index is 11.9. The summed E-state index contributed by atoms with van der Waals surface area (Å²) in [6, 6.07) is 0. The van der Waals surface area contributed by atoms with Gasteiger partial charge in [-0.3, -0.25) is 9.59 Å². The van der Waals surface area contributed by atoms with E-state index < -0.39 is 17.9 Å². The van der Waals surface area contributed by atoms with E-state index in [0.29, 0.717) is 12.8 Å². The van der Waals surface area contributed by atoms with E-state index in [4.69, 9.17) is 11.6 Å². The second-order valence-corrected chi connectivity index (χ2v) is 3.55. The molecule has 0 aliphatic heterocycles. The topological polar surface area (TPSA) is 46.2 Å². The lowest BCUT2D eigenvalue weighted by Crippen LogP contribution is -2.60. The number of hydrogen-bond acceptors (Lipinski definition) is 2. The first-order valence-corrected chi connectivity index (χ1v) is 4.75. The molecule has 1 amide bonds. The lowest BCUT2D eigenvalue weighted by atomic mass is 9.74. The Labute approximate surface area is 84.8 Å². The molecule has 1 fully saturated rings. The molecule has 0 heterocycles. The van der Waals surface area contributed by atoms with Gasteiger partial charge in [0.25, 0.3) is 5.91 Å². The average Bonchev–Trinajstić information content (AvgIpc) is 2.09. The molecular formula is C8H10ClF2NO2. The zero-order chi connectivity index (χ0) is 10.8. The molecule has 0 spiro atoms. The molecule has 80 valence electrons. The lowest BCUT2D eigenvalue weighted by molar-refractivity contribution is -0.140. The summed E-state index contributed by atoms with van der Waals surface area (Å²) in [5.74, 6) is -2.05. The highest BCUT2D eigenvalue weighted by Crippen LogP contribution is 2.33. The van der Waals surface area contributed by atoms with Crippen LogP contribution in [0.2, 0.25) is 0 Å². The van der Waals surface area contributed by atoms with Crippen LogP contribution in [0.5, 0.6) is 0 Å². The molecule has 0 bridgehead atoms. The van der Waals surface area contributed by atoms with E-state index in [1.165, 1.54) is 0 Å². The summed E-state index contributed by atoms with van der Waals surface area (Å²) >= 11 is 5.32. The number of carbonyl (C=O) groups excluding carboxylic acids is 2. The third-order valence-electron chi connectivity index (χ3n) is 2.42. The van der Waals surface area contributed by atoms with Crippen LogP contribution in [-0.4, -0.2) is 29.5 Å². The van der Waals surface area contributed by atoms with Crippen molar-refractivity contribution in [2.24, 2.45) is 0 Å². The van der Waals surface area contributed by atoms with Gasteiger partial charge in [0.15, 0.2) is 5.78 Å². The summed E-state index contributed by atoms with van der Waals surface area (Å²) in [6.07, 6.45) is -1.55. The molecule has 0 unspecified atom stereocenters. The smallest absolute Gasteiger partial charge is 0.315 e. The summed E-state index contributed by atoms with van der Waals surface area (Å²) in [6.45, 7) is 0. The van der Waals surface area contributed by atoms with Crippen molar-refractivity contribution < 1.29 is 18.4 Å². The number of alkyl halides is 3. The third kappa shape index (κ3) is 2.03. The Morgan fingerprint density at radius 1 is 1.43 bits per heavy atom. The second-order valence-electron chi connectivity index (χ2n) is 3.28. The van der Waals surface area contributed by atoms with E-state index in [1.54, 1.807) is 0 Å². The number of Topliss-reactive ketones (excluding diaryl/α,β-unsaturated/α-hetero) is 1. The maximum Gasteiger partial charge on any atom is 0.315 e. The number of halogens is 3. The van der Waals surface area contributed by atoms with Crippen molar-refractivity contribution in [2.75, 3.05) is 5.88 Å². The molecule has 0 aromatic carbocycles. The fourth-order valence-corrected chi connectivity index (χ4v) is 1.68. The molecule has 0 atom stereocenters. The molecule has 1 N–H and O–H groups in total. The van der Waals surface area contributed by atoms with Crippen LogP contribution in [0.1, 0.15) is 19.3 Å². The minimum atomic E-state index is -3.09. The van der Waals surface area contributed by atoms with E-state index >= 15 is 0 Å². The molecule has 0 aromatic rings. The maximum atomic E-state index is 11.9. The number of carbonyl (C=O) groups is 2. The Hall–Kier alpha value is -0.710. The molecule has 0 saturated heterocycles. The van der Waals surface area contributed by atoms with Crippen LogP contribution in [0.15, 0.2) is 0 Å². The Kier molecular flexibility index (Phi) is 3.42. The van der Waals surface area contributed by atoms with Crippen LogP contribution >= 0.6 is 11.6 Å². The van der Waals surface area contributed by atoms with Crippen LogP contribution in [-0.2, 0) is 9.59 Å². The molecule has 1 saturated carbocycles. The number of rotatable bonds is 4. The summed E-state index contributed by atoms with van der Waals surface area (Å²) in [5, 5.41) is 2.06. The first-order valence-electron chi connectivity index (χ1n) is 4.21. The standard InChI is InChI=1S/C8H10ClF2NO2/c9-4-5(13)8(2-1-3-8)12-7(14)6(10)11/h6H,1-4H2,(H,12,14). The minimum Gasteiger partial charge on any atom is -0.339 e. The highest BCUT2D eigenvalue weighted by Gasteiger charge is 2.45. The molecule has 1 rings (SSSR count). The van der Waals surface area contributed by atoms with Gasteiger partial charge in [0, 0.05) is 0 Å². The van der Waals surface area contributed by atoms with E-state index in [1.807, 2.05) is 0 Å². The van der Waals surface area contributed by atoms with Gasteiger partial charge in [-0.05, 0) is 19.3 Å². The van der Waals surface area contributed by atoms with Gasteiger partial charge in [-0.15, -0.1) is 11.6 Å². The van der Waals surface area contributed by atoms with Crippen molar-refractivity contribution in [1.29, 1.82) is 0 Å². The van der Waals surface area contributed by atoms with Crippen molar-refractivity contribution in [3.8, 4) is 0 Å². The molecule has 1 aliphatic rings. The van der Waals surface area contributed by atoms with Crippen LogP contribution < -0.4 is 5.32 Å². The number of amides is 1. The van der Waals surface area contributed by atoms with Crippen LogP contribution in [0.4, 0.5) is 8.78 Å². The third-order valence-corrected chi connectivity index (χ3v) is 2.67. The van der Waals surface area contributed by atoms with Gasteiger partial charge >= 0.3 is 6.43 Å². The van der Waals surface area contributed by atoms with Crippen LogP contribution in [0.25, 0.3) is 0 Å². The van der Waals surface area contributed by atoms with Gasteiger partial charge < -0.3 is 5.32 Å². The Balaban J connectivity index is 2.63. The van der Waals surface area contributed by atoms with E-state index in [-0.39, 0.29) is 11.7 Å². The van der Waals surface area contributed by atoms with Gasteiger partial charge in [-0.1, -0.05) is 0 Å². The normalized spacial score (nSPS) is 18.9. The Morgan fingerprint density at radius 3 is 2.29 bits per heavy atom. The van der Waals surface area contributed by atoms with E-state index in [9.17, 15) is 18.4 Å². The highest BCUT2D eigenvalue weighted by molar-refractivity contribution is 6.29.